The number of Topliss-reactive ketones (excluding diaryl/α,β-unsaturated/α-hetero) is 1. The highest BCUT2D eigenvalue weighted by atomic mass is 16.5. The van der Waals surface area contributed by atoms with Crippen molar-refractivity contribution in [3.05, 3.63) is 24.3 Å². The molecule has 1 aromatic carbocycles. The van der Waals surface area contributed by atoms with Gasteiger partial charge in [0, 0.05) is 19.3 Å². The molecule has 0 fully saturated rings. The monoisotopic (exact) mass is 376 g/mol. The summed E-state index contributed by atoms with van der Waals surface area (Å²) in [6.07, 6.45) is 3.57. The van der Waals surface area contributed by atoms with E-state index < -0.39 is 17.7 Å². The summed E-state index contributed by atoms with van der Waals surface area (Å²) in [5.41, 5.74) is 0.649. The molecule has 1 atom stereocenters. The van der Waals surface area contributed by atoms with Gasteiger partial charge in [0.15, 0.2) is 0 Å². The predicted octanol–water partition coefficient (Wildman–Crippen LogP) is 1.40. The number of carbonyl (C=O) groups is 3. The smallest absolute Gasteiger partial charge is 0.319 e. The fourth-order valence-corrected chi connectivity index (χ4v) is 2.28. The topological polar surface area (TPSA) is 126 Å². The largest absolute Gasteiger partial charge is 0.497 e. The fraction of sp³-hybridized carbons (Fsp3) is 0.444. The SMILES string of the molecule is CNC(=O)C(=O)C(CCCCCNC(=O)Nc1ccc(OC)cc1)N=C=O. The summed E-state index contributed by atoms with van der Waals surface area (Å²) < 4.78 is 5.04. The zero-order valence-corrected chi connectivity index (χ0v) is 15.4. The predicted molar refractivity (Wildman–Crippen MR) is 99.5 cm³/mol. The Morgan fingerprint density at radius 1 is 1.15 bits per heavy atom. The lowest BCUT2D eigenvalue weighted by atomic mass is 10.0. The third-order valence-electron chi connectivity index (χ3n) is 3.75. The number of aliphatic imine (C=N–C) groups is 1. The number of methoxy groups -OCH3 is 1. The van der Waals surface area contributed by atoms with Crippen molar-refractivity contribution >= 4 is 29.5 Å². The van der Waals surface area contributed by atoms with Crippen molar-refractivity contribution in [1.82, 2.24) is 10.6 Å². The number of likely N-dealkylation sites (N-methyl/N-ethyl adjacent to an activating group) is 1. The second-order valence-electron chi connectivity index (χ2n) is 5.64. The highest BCUT2D eigenvalue weighted by molar-refractivity contribution is 6.38. The van der Waals surface area contributed by atoms with E-state index in [1.165, 1.54) is 13.1 Å². The summed E-state index contributed by atoms with van der Waals surface area (Å²) in [5, 5.41) is 7.64. The highest BCUT2D eigenvalue weighted by Gasteiger charge is 2.23. The van der Waals surface area contributed by atoms with E-state index in [9.17, 15) is 19.2 Å². The van der Waals surface area contributed by atoms with E-state index in [2.05, 4.69) is 20.9 Å². The molecule has 1 unspecified atom stereocenters. The van der Waals surface area contributed by atoms with Crippen molar-refractivity contribution < 1.29 is 23.9 Å². The number of benzene rings is 1. The first-order valence-electron chi connectivity index (χ1n) is 8.53. The van der Waals surface area contributed by atoms with Crippen molar-refractivity contribution in [1.29, 1.82) is 0 Å². The molecule has 0 aliphatic rings. The van der Waals surface area contributed by atoms with Gasteiger partial charge in [-0.05, 0) is 37.1 Å². The Hall–Kier alpha value is -3.19. The number of urea groups is 1. The van der Waals surface area contributed by atoms with Crippen LogP contribution < -0.4 is 20.7 Å². The van der Waals surface area contributed by atoms with E-state index in [1.807, 2.05) is 0 Å². The maximum absolute atomic E-state index is 11.8. The fourth-order valence-electron chi connectivity index (χ4n) is 2.28. The van der Waals surface area contributed by atoms with Crippen LogP contribution in [0.15, 0.2) is 29.3 Å². The van der Waals surface area contributed by atoms with Gasteiger partial charge in [-0.15, -0.1) is 0 Å². The molecule has 3 N–H and O–H groups in total. The van der Waals surface area contributed by atoms with E-state index in [1.54, 1.807) is 31.4 Å². The van der Waals surface area contributed by atoms with Crippen LogP contribution in [-0.2, 0) is 14.4 Å². The normalized spacial score (nSPS) is 10.9. The van der Waals surface area contributed by atoms with Crippen LogP contribution in [0.2, 0.25) is 0 Å². The Kier molecular flexibility index (Phi) is 9.88. The number of isocyanates is 1. The van der Waals surface area contributed by atoms with Gasteiger partial charge in [0.05, 0.1) is 7.11 Å². The van der Waals surface area contributed by atoms with Gasteiger partial charge in [-0.2, -0.15) is 4.99 Å². The molecule has 146 valence electrons. The summed E-state index contributed by atoms with van der Waals surface area (Å²) in [6.45, 7) is 0.451. The van der Waals surface area contributed by atoms with Gasteiger partial charge in [0.1, 0.15) is 11.8 Å². The molecular formula is C18H24N4O5. The van der Waals surface area contributed by atoms with Gasteiger partial charge in [-0.1, -0.05) is 12.8 Å². The number of hydrogen-bond donors (Lipinski definition) is 3. The van der Waals surface area contributed by atoms with Crippen LogP contribution in [0.25, 0.3) is 0 Å². The van der Waals surface area contributed by atoms with Gasteiger partial charge in [-0.3, -0.25) is 9.59 Å². The maximum Gasteiger partial charge on any atom is 0.319 e. The molecule has 0 heterocycles. The maximum atomic E-state index is 11.8. The number of unbranched alkanes of at least 4 members (excludes halogenated alkanes) is 2. The number of nitrogens with zero attached hydrogens (tertiary/aromatic N) is 1. The lowest BCUT2D eigenvalue weighted by Crippen LogP contribution is -2.35. The third kappa shape index (κ3) is 8.15. The van der Waals surface area contributed by atoms with Crippen molar-refractivity contribution in [2.75, 3.05) is 26.0 Å². The first kappa shape index (κ1) is 21.9. The zero-order valence-electron chi connectivity index (χ0n) is 15.4. The number of ketones is 1. The van der Waals surface area contributed by atoms with E-state index >= 15 is 0 Å². The average Bonchev–Trinajstić information content (AvgIpc) is 2.69. The first-order valence-corrected chi connectivity index (χ1v) is 8.53. The number of rotatable bonds is 11. The minimum Gasteiger partial charge on any atom is -0.497 e. The van der Waals surface area contributed by atoms with E-state index in [-0.39, 0.29) is 12.5 Å². The molecule has 9 nitrogen and oxygen atoms in total. The summed E-state index contributed by atoms with van der Waals surface area (Å²) in [6, 6.07) is 5.62. The Balaban J connectivity index is 2.24. The number of anilines is 1. The molecular weight excluding hydrogens is 352 g/mol. The van der Waals surface area contributed by atoms with Crippen LogP contribution in [0.5, 0.6) is 5.75 Å². The molecule has 1 rings (SSSR count). The minimum absolute atomic E-state index is 0.277. The second-order valence-corrected chi connectivity index (χ2v) is 5.64. The lowest BCUT2D eigenvalue weighted by molar-refractivity contribution is -0.138. The van der Waals surface area contributed by atoms with E-state index in [0.717, 1.165) is 0 Å². The van der Waals surface area contributed by atoms with Crippen molar-refractivity contribution in [2.24, 2.45) is 4.99 Å². The Labute approximate surface area is 157 Å². The molecule has 0 aliphatic heterocycles. The van der Waals surface area contributed by atoms with Crippen LogP contribution in [0.1, 0.15) is 25.7 Å². The van der Waals surface area contributed by atoms with Gasteiger partial charge in [-0.25, -0.2) is 9.59 Å². The zero-order chi connectivity index (χ0) is 20.1. The van der Waals surface area contributed by atoms with Crippen LogP contribution in [-0.4, -0.2) is 50.5 Å². The number of ether oxygens (including phenoxy) is 1. The quantitative estimate of drug-likeness (QED) is 0.233. The molecule has 27 heavy (non-hydrogen) atoms. The Morgan fingerprint density at radius 3 is 2.44 bits per heavy atom. The number of carbonyl (C=O) groups excluding carboxylic acids is 4. The summed E-state index contributed by atoms with van der Waals surface area (Å²) >= 11 is 0. The molecule has 9 heteroatoms. The minimum atomic E-state index is -1.01. The van der Waals surface area contributed by atoms with E-state index in [0.29, 0.717) is 37.2 Å². The summed E-state index contributed by atoms with van der Waals surface area (Å²) in [4.78, 5) is 48.6. The molecule has 0 radical (unpaired) electrons. The summed E-state index contributed by atoms with van der Waals surface area (Å²) in [5.74, 6) is -0.832. The first-order chi connectivity index (χ1) is 13.0. The van der Waals surface area contributed by atoms with Crippen LogP contribution in [0.4, 0.5) is 10.5 Å². The standard InChI is InChI=1S/C18H24N4O5/c1-19-17(25)16(24)15(21-12-23)6-4-3-5-11-20-18(26)22-13-7-9-14(27-2)10-8-13/h7-10,15H,3-6,11H2,1-2H3,(H,19,25)(H2,20,22,26). The molecule has 0 spiro atoms. The molecule has 0 bridgehead atoms. The third-order valence-corrected chi connectivity index (χ3v) is 3.75. The van der Waals surface area contributed by atoms with Crippen molar-refractivity contribution in [2.45, 2.75) is 31.7 Å². The molecule has 1 aromatic rings. The van der Waals surface area contributed by atoms with Crippen LogP contribution in [0.3, 0.4) is 0 Å². The highest BCUT2D eigenvalue weighted by Crippen LogP contribution is 2.14. The molecule has 0 saturated heterocycles. The number of hydrogen-bond acceptors (Lipinski definition) is 6. The van der Waals surface area contributed by atoms with Gasteiger partial charge in [0.2, 0.25) is 11.9 Å². The number of nitrogens with one attached hydrogen (secondary N) is 3. The van der Waals surface area contributed by atoms with Crippen molar-refractivity contribution in [3.8, 4) is 5.75 Å². The van der Waals surface area contributed by atoms with Crippen molar-refractivity contribution in [3.63, 3.8) is 0 Å². The average molecular weight is 376 g/mol. The summed E-state index contributed by atoms with van der Waals surface area (Å²) in [7, 11) is 2.90. The molecule has 0 aliphatic carbocycles. The van der Waals surface area contributed by atoms with Gasteiger partial charge in [0.25, 0.3) is 5.91 Å². The number of amides is 3. The van der Waals surface area contributed by atoms with E-state index in [4.69, 9.17) is 4.74 Å². The Morgan fingerprint density at radius 2 is 1.85 bits per heavy atom. The lowest BCUT2D eigenvalue weighted by Gasteiger charge is -2.10. The second kappa shape index (κ2) is 12.2. The van der Waals surface area contributed by atoms with Gasteiger partial charge < -0.3 is 20.7 Å². The van der Waals surface area contributed by atoms with Gasteiger partial charge >= 0.3 is 6.03 Å². The Bertz CT molecular complexity index is 683. The molecule has 3 amide bonds. The molecule has 0 saturated carbocycles. The van der Waals surface area contributed by atoms with Crippen LogP contribution >= 0.6 is 0 Å². The van der Waals surface area contributed by atoms with Crippen LogP contribution in [0, 0.1) is 0 Å². The molecule has 0 aromatic heterocycles.